The van der Waals surface area contributed by atoms with E-state index in [1.165, 1.54) is 6.07 Å². The van der Waals surface area contributed by atoms with Gasteiger partial charge in [0.2, 0.25) is 0 Å². The van der Waals surface area contributed by atoms with E-state index in [4.69, 9.17) is 0 Å². The first kappa shape index (κ1) is 20.9. The molecule has 0 saturated carbocycles. The van der Waals surface area contributed by atoms with Crippen molar-refractivity contribution in [2.45, 2.75) is 58.5 Å². The monoisotopic (exact) mass is 370 g/mol. The Morgan fingerprint density at radius 1 is 1.00 bits per heavy atom. The summed E-state index contributed by atoms with van der Waals surface area (Å²) in [5, 5.41) is 3.27. The first-order chi connectivity index (χ1) is 13.0. The first-order valence-electron chi connectivity index (χ1n) is 9.91. The quantitative estimate of drug-likeness (QED) is 0.605. The molecule has 3 nitrogen and oxygen atoms in total. The highest BCUT2D eigenvalue weighted by Crippen LogP contribution is 2.31. The molecule has 1 atom stereocenters. The van der Waals surface area contributed by atoms with Gasteiger partial charge in [-0.05, 0) is 37.8 Å². The fourth-order valence-corrected chi connectivity index (χ4v) is 3.80. The molecule has 1 N–H and O–H groups in total. The topological polar surface area (TPSA) is 32.3 Å². The number of hydrogen-bond acceptors (Lipinski definition) is 1. The predicted octanol–water partition coefficient (Wildman–Crippen LogP) is 6.02. The van der Waals surface area contributed by atoms with Crippen LogP contribution >= 0.6 is 0 Å². The molecule has 0 radical (unpaired) electrons. The molecule has 2 rings (SSSR count). The molecule has 2 aromatic rings. The third-order valence-corrected chi connectivity index (χ3v) is 5.51. The molecular weight excluding hydrogens is 339 g/mol. The maximum Gasteiger partial charge on any atom is 0.318 e. The van der Waals surface area contributed by atoms with Crippen LogP contribution in [0.1, 0.15) is 64.1 Å². The van der Waals surface area contributed by atoms with E-state index >= 15 is 0 Å². The Balaban J connectivity index is 2.33. The van der Waals surface area contributed by atoms with E-state index in [-0.39, 0.29) is 17.9 Å². The van der Waals surface area contributed by atoms with Crippen LogP contribution in [0, 0.1) is 5.82 Å². The Morgan fingerprint density at radius 3 is 2.11 bits per heavy atom. The number of carbonyl (C=O) groups excluding carboxylic acids is 1. The number of rotatable bonds is 8. The molecule has 0 bridgehead atoms. The van der Waals surface area contributed by atoms with Crippen molar-refractivity contribution in [2.24, 2.45) is 0 Å². The van der Waals surface area contributed by atoms with Crippen LogP contribution in [0.2, 0.25) is 0 Å². The fraction of sp³-hybridized carbons (Fsp3) is 0.435. The second-order valence-electron chi connectivity index (χ2n) is 6.82. The van der Waals surface area contributed by atoms with Crippen molar-refractivity contribution in [1.82, 2.24) is 10.2 Å². The third kappa shape index (κ3) is 4.49. The van der Waals surface area contributed by atoms with Gasteiger partial charge >= 0.3 is 6.03 Å². The molecule has 0 saturated heterocycles. The number of nitrogens with one attached hydrogen (secondary N) is 1. The van der Waals surface area contributed by atoms with Gasteiger partial charge < -0.3 is 10.2 Å². The average Bonchev–Trinajstić information content (AvgIpc) is 2.71. The number of carbonyl (C=O) groups is 1. The SMILES string of the molecule is CCC(c1ccccc1F)N(CC)C(=O)NC(CC)(CC)c1ccccc1. The van der Waals surface area contributed by atoms with Crippen LogP contribution in [0.5, 0.6) is 0 Å². The standard InChI is InChI=1S/C23H31FN2O/c1-5-21(19-16-12-13-17-20(19)24)26(8-4)22(27)25-23(6-2,7-3)18-14-10-9-11-15-18/h9-17,21H,5-8H2,1-4H3,(H,25,27). The van der Waals surface area contributed by atoms with Gasteiger partial charge in [-0.15, -0.1) is 0 Å². The minimum Gasteiger partial charge on any atom is -0.328 e. The molecule has 146 valence electrons. The Labute approximate surface area is 162 Å². The van der Waals surface area contributed by atoms with Crippen molar-refractivity contribution in [2.75, 3.05) is 6.54 Å². The van der Waals surface area contributed by atoms with Crippen LogP contribution in [0.15, 0.2) is 54.6 Å². The molecule has 0 fully saturated rings. The molecule has 2 amide bonds. The summed E-state index contributed by atoms with van der Waals surface area (Å²) in [5.74, 6) is -0.268. The zero-order valence-corrected chi connectivity index (χ0v) is 16.8. The molecule has 27 heavy (non-hydrogen) atoms. The summed E-state index contributed by atoms with van der Waals surface area (Å²) < 4.78 is 14.4. The molecule has 0 aliphatic rings. The lowest BCUT2D eigenvalue weighted by atomic mass is 9.85. The fourth-order valence-electron chi connectivity index (χ4n) is 3.80. The van der Waals surface area contributed by atoms with Crippen molar-refractivity contribution >= 4 is 6.03 Å². The van der Waals surface area contributed by atoms with Gasteiger partial charge in [0.1, 0.15) is 5.82 Å². The highest BCUT2D eigenvalue weighted by Gasteiger charge is 2.33. The van der Waals surface area contributed by atoms with E-state index in [2.05, 4.69) is 31.3 Å². The van der Waals surface area contributed by atoms with Gasteiger partial charge in [-0.25, -0.2) is 9.18 Å². The average molecular weight is 371 g/mol. The number of hydrogen-bond donors (Lipinski definition) is 1. The molecule has 2 aromatic carbocycles. The molecular formula is C23H31FN2O. The van der Waals surface area contributed by atoms with E-state index < -0.39 is 5.54 Å². The highest BCUT2D eigenvalue weighted by atomic mass is 19.1. The van der Waals surface area contributed by atoms with Gasteiger partial charge in [0.25, 0.3) is 0 Å². The molecule has 1 unspecified atom stereocenters. The van der Waals surface area contributed by atoms with Crippen molar-refractivity contribution in [3.63, 3.8) is 0 Å². The number of benzene rings is 2. The maximum atomic E-state index is 14.4. The summed E-state index contributed by atoms with van der Waals surface area (Å²) in [5.41, 5.74) is 1.23. The highest BCUT2D eigenvalue weighted by molar-refractivity contribution is 5.76. The van der Waals surface area contributed by atoms with Crippen LogP contribution < -0.4 is 5.32 Å². The lowest BCUT2D eigenvalue weighted by Gasteiger charge is -2.38. The second-order valence-corrected chi connectivity index (χ2v) is 6.82. The maximum absolute atomic E-state index is 14.4. The number of halogens is 1. The number of nitrogens with zero attached hydrogens (tertiary/aromatic N) is 1. The zero-order chi connectivity index (χ0) is 19.9. The summed E-state index contributed by atoms with van der Waals surface area (Å²) in [7, 11) is 0. The second kappa shape index (κ2) is 9.54. The Morgan fingerprint density at radius 2 is 1.59 bits per heavy atom. The normalized spacial score (nSPS) is 12.5. The minimum atomic E-state index is -0.431. The van der Waals surface area contributed by atoms with Gasteiger partial charge in [0, 0.05) is 12.1 Å². The third-order valence-electron chi connectivity index (χ3n) is 5.51. The van der Waals surface area contributed by atoms with Crippen LogP contribution in [0.25, 0.3) is 0 Å². The summed E-state index contributed by atoms with van der Waals surface area (Å²) in [4.78, 5) is 15.0. The van der Waals surface area contributed by atoms with Crippen LogP contribution in [0.4, 0.5) is 9.18 Å². The van der Waals surface area contributed by atoms with Crippen molar-refractivity contribution in [3.8, 4) is 0 Å². The van der Waals surface area contributed by atoms with E-state index in [0.717, 1.165) is 18.4 Å². The first-order valence-corrected chi connectivity index (χ1v) is 9.91. The van der Waals surface area contributed by atoms with Crippen LogP contribution in [-0.2, 0) is 5.54 Å². The summed E-state index contributed by atoms with van der Waals surface area (Å²) in [6, 6.07) is 16.3. The minimum absolute atomic E-state index is 0.153. The number of amides is 2. The lowest BCUT2D eigenvalue weighted by molar-refractivity contribution is 0.158. The van der Waals surface area contributed by atoms with Gasteiger partial charge in [0.05, 0.1) is 11.6 Å². The molecule has 0 aliphatic heterocycles. The van der Waals surface area contributed by atoms with Gasteiger partial charge in [-0.1, -0.05) is 69.3 Å². The van der Waals surface area contributed by atoms with E-state index in [0.29, 0.717) is 18.5 Å². The Bertz CT molecular complexity index is 728. The largest absolute Gasteiger partial charge is 0.328 e. The molecule has 0 aliphatic carbocycles. The van der Waals surface area contributed by atoms with E-state index in [1.54, 1.807) is 17.0 Å². The lowest BCUT2D eigenvalue weighted by Crippen LogP contribution is -2.51. The van der Waals surface area contributed by atoms with Crippen molar-refractivity contribution in [3.05, 3.63) is 71.5 Å². The Hall–Kier alpha value is -2.36. The molecule has 0 spiro atoms. The summed E-state index contributed by atoms with van der Waals surface area (Å²) >= 11 is 0. The predicted molar refractivity (Wildman–Crippen MR) is 109 cm³/mol. The van der Waals surface area contributed by atoms with E-state index in [1.807, 2.05) is 38.1 Å². The van der Waals surface area contributed by atoms with Crippen LogP contribution in [-0.4, -0.2) is 17.5 Å². The molecule has 0 heterocycles. The van der Waals surface area contributed by atoms with Gasteiger partial charge in [-0.2, -0.15) is 0 Å². The zero-order valence-electron chi connectivity index (χ0n) is 16.8. The smallest absolute Gasteiger partial charge is 0.318 e. The molecule has 0 aromatic heterocycles. The van der Waals surface area contributed by atoms with Gasteiger partial charge in [-0.3, -0.25) is 0 Å². The Kier molecular flexibility index (Phi) is 7.40. The summed E-state index contributed by atoms with van der Waals surface area (Å²) in [6.45, 7) is 8.60. The summed E-state index contributed by atoms with van der Waals surface area (Å²) in [6.07, 6.45) is 2.22. The van der Waals surface area contributed by atoms with Crippen LogP contribution in [0.3, 0.4) is 0 Å². The van der Waals surface area contributed by atoms with Gasteiger partial charge in [0.15, 0.2) is 0 Å². The van der Waals surface area contributed by atoms with Crippen molar-refractivity contribution < 1.29 is 9.18 Å². The van der Waals surface area contributed by atoms with E-state index in [9.17, 15) is 9.18 Å². The number of urea groups is 1. The van der Waals surface area contributed by atoms with Crippen molar-refractivity contribution in [1.29, 1.82) is 0 Å². The molecule has 4 heteroatoms.